The summed E-state index contributed by atoms with van der Waals surface area (Å²) in [5, 5.41) is 0. The number of hydrogen-bond acceptors (Lipinski definition) is 2. The van der Waals surface area contributed by atoms with Crippen LogP contribution in [0.3, 0.4) is 0 Å². The maximum Gasteiger partial charge on any atom is 0.189 e. The lowest BCUT2D eigenvalue weighted by Crippen LogP contribution is -2.22. The Kier molecular flexibility index (Phi) is 2.64. The molecule has 0 N–H and O–H groups in total. The van der Waals surface area contributed by atoms with E-state index in [0.29, 0.717) is 6.07 Å². The Morgan fingerprint density at radius 1 is 1.36 bits per heavy atom. The van der Waals surface area contributed by atoms with Crippen molar-refractivity contribution in [3.63, 3.8) is 0 Å². The lowest BCUT2D eigenvalue weighted by atomic mass is 9.88. The third-order valence-electron chi connectivity index (χ3n) is 1.70. The van der Waals surface area contributed by atoms with Gasteiger partial charge in [-0.2, -0.15) is 0 Å². The summed E-state index contributed by atoms with van der Waals surface area (Å²) in [7, 11) is 0. The maximum absolute atomic E-state index is 13.1. The van der Waals surface area contributed by atoms with Crippen LogP contribution in [0, 0.1) is 17.0 Å². The molecule has 0 fully saturated rings. The molecule has 0 aliphatic carbocycles. The van der Waals surface area contributed by atoms with Crippen LogP contribution in [-0.4, -0.2) is 10.8 Å². The molecule has 76 valence electrons. The first kappa shape index (κ1) is 10.8. The topological polar surface area (TPSA) is 30.0 Å². The summed E-state index contributed by atoms with van der Waals surface area (Å²) in [5.74, 6) is -2.13. The number of hydrogen-bond donors (Lipinski definition) is 0. The van der Waals surface area contributed by atoms with Crippen LogP contribution in [0.2, 0.25) is 0 Å². The molecule has 0 atom stereocenters. The number of Topliss-reactive ketones (excluding diaryl/α,β-unsaturated/α-hetero) is 1. The average molecular weight is 199 g/mol. The molecule has 4 heteroatoms. The van der Waals surface area contributed by atoms with Gasteiger partial charge in [-0.05, 0) is 0 Å². The molecular formula is C10H11F2NO. The predicted octanol–water partition coefficient (Wildman–Crippen LogP) is 2.59. The third-order valence-corrected chi connectivity index (χ3v) is 1.70. The van der Waals surface area contributed by atoms with Gasteiger partial charge in [0.2, 0.25) is 0 Å². The number of aromatic nitrogens is 1. The van der Waals surface area contributed by atoms with Crippen molar-refractivity contribution in [2.45, 2.75) is 20.8 Å². The second-order valence-corrected chi connectivity index (χ2v) is 4.06. The van der Waals surface area contributed by atoms with Gasteiger partial charge in [-0.25, -0.2) is 13.8 Å². The lowest BCUT2D eigenvalue weighted by Gasteiger charge is -2.15. The van der Waals surface area contributed by atoms with Crippen LogP contribution in [0.5, 0.6) is 0 Å². The Labute approximate surface area is 81.0 Å². The second kappa shape index (κ2) is 3.44. The van der Waals surface area contributed by atoms with Gasteiger partial charge in [0.15, 0.2) is 11.6 Å². The normalized spacial score (nSPS) is 11.5. The van der Waals surface area contributed by atoms with E-state index < -0.39 is 22.8 Å². The van der Waals surface area contributed by atoms with E-state index in [0.717, 1.165) is 6.20 Å². The van der Waals surface area contributed by atoms with Gasteiger partial charge in [-0.15, -0.1) is 0 Å². The fraction of sp³-hybridized carbons (Fsp3) is 0.400. The number of rotatable bonds is 1. The first-order chi connectivity index (χ1) is 6.32. The van der Waals surface area contributed by atoms with Crippen LogP contribution < -0.4 is 0 Å². The fourth-order valence-electron chi connectivity index (χ4n) is 0.937. The first-order valence-electron chi connectivity index (χ1n) is 4.18. The van der Waals surface area contributed by atoms with Crippen molar-refractivity contribution in [3.05, 3.63) is 29.6 Å². The molecule has 0 spiro atoms. The summed E-state index contributed by atoms with van der Waals surface area (Å²) in [6.07, 6.45) is 0.835. The van der Waals surface area contributed by atoms with Gasteiger partial charge >= 0.3 is 0 Å². The number of ketones is 1. The summed E-state index contributed by atoms with van der Waals surface area (Å²) in [5.41, 5.74) is -1.02. The molecule has 0 saturated carbocycles. The molecule has 14 heavy (non-hydrogen) atoms. The summed E-state index contributed by atoms with van der Waals surface area (Å²) in [6.45, 7) is 4.96. The van der Waals surface area contributed by atoms with Crippen molar-refractivity contribution in [1.82, 2.24) is 4.98 Å². The summed E-state index contributed by atoms with van der Waals surface area (Å²) in [4.78, 5) is 15.0. The SMILES string of the molecule is CC(C)(C)C(=O)c1ncc(F)cc1F. The summed E-state index contributed by atoms with van der Waals surface area (Å²) < 4.78 is 25.6. The molecule has 0 aliphatic rings. The predicted molar refractivity (Wildman–Crippen MR) is 47.9 cm³/mol. The summed E-state index contributed by atoms with van der Waals surface area (Å²) in [6, 6.07) is 0.659. The van der Waals surface area contributed by atoms with Crippen LogP contribution in [0.15, 0.2) is 12.3 Å². The largest absolute Gasteiger partial charge is 0.292 e. The Balaban J connectivity index is 3.15. The van der Waals surface area contributed by atoms with Crippen molar-refractivity contribution in [3.8, 4) is 0 Å². The second-order valence-electron chi connectivity index (χ2n) is 4.06. The van der Waals surface area contributed by atoms with Gasteiger partial charge in [-0.3, -0.25) is 4.79 Å². The number of pyridine rings is 1. The van der Waals surface area contributed by atoms with Crippen molar-refractivity contribution in [2.24, 2.45) is 5.41 Å². The highest BCUT2D eigenvalue weighted by Gasteiger charge is 2.26. The molecule has 0 saturated heterocycles. The maximum atomic E-state index is 13.1. The highest BCUT2D eigenvalue weighted by molar-refractivity contribution is 5.98. The Morgan fingerprint density at radius 3 is 2.36 bits per heavy atom. The van der Waals surface area contributed by atoms with E-state index in [1.54, 1.807) is 20.8 Å². The van der Waals surface area contributed by atoms with Gasteiger partial charge in [0.05, 0.1) is 6.20 Å². The van der Waals surface area contributed by atoms with E-state index >= 15 is 0 Å². The molecule has 0 radical (unpaired) electrons. The van der Waals surface area contributed by atoms with Gasteiger partial charge < -0.3 is 0 Å². The molecule has 0 amide bonds. The van der Waals surface area contributed by atoms with Crippen molar-refractivity contribution in [1.29, 1.82) is 0 Å². The zero-order valence-corrected chi connectivity index (χ0v) is 8.27. The molecule has 0 bridgehead atoms. The van der Waals surface area contributed by atoms with Gasteiger partial charge in [0.1, 0.15) is 11.5 Å². The Hall–Kier alpha value is -1.32. The fourth-order valence-corrected chi connectivity index (χ4v) is 0.937. The molecular weight excluding hydrogens is 188 g/mol. The molecule has 0 aromatic carbocycles. The van der Waals surface area contributed by atoms with E-state index in [2.05, 4.69) is 4.98 Å². The lowest BCUT2D eigenvalue weighted by molar-refractivity contribution is 0.0848. The molecule has 1 aromatic heterocycles. The van der Waals surface area contributed by atoms with Crippen LogP contribution in [-0.2, 0) is 0 Å². The number of halogens is 2. The Bertz CT molecular complexity index is 369. The quantitative estimate of drug-likeness (QED) is 0.650. The number of carbonyl (C=O) groups excluding carboxylic acids is 1. The van der Waals surface area contributed by atoms with Crippen molar-refractivity contribution < 1.29 is 13.6 Å². The highest BCUT2D eigenvalue weighted by Crippen LogP contribution is 2.21. The minimum atomic E-state index is -0.912. The number of carbonyl (C=O) groups is 1. The molecule has 2 nitrogen and oxygen atoms in total. The Morgan fingerprint density at radius 2 is 1.93 bits per heavy atom. The zero-order chi connectivity index (χ0) is 10.9. The molecule has 0 aliphatic heterocycles. The van der Waals surface area contributed by atoms with Crippen LogP contribution in [0.1, 0.15) is 31.3 Å². The van der Waals surface area contributed by atoms with E-state index in [9.17, 15) is 13.6 Å². The third kappa shape index (κ3) is 2.13. The summed E-state index contributed by atoms with van der Waals surface area (Å²) >= 11 is 0. The van der Waals surface area contributed by atoms with Gasteiger partial charge in [0.25, 0.3) is 0 Å². The molecule has 1 rings (SSSR count). The van der Waals surface area contributed by atoms with Crippen molar-refractivity contribution >= 4 is 5.78 Å². The average Bonchev–Trinajstić information content (AvgIpc) is 2.01. The van der Waals surface area contributed by atoms with Crippen molar-refractivity contribution in [2.75, 3.05) is 0 Å². The van der Waals surface area contributed by atoms with Crippen LogP contribution in [0.25, 0.3) is 0 Å². The van der Waals surface area contributed by atoms with E-state index in [1.807, 2.05) is 0 Å². The number of nitrogens with zero attached hydrogens (tertiary/aromatic N) is 1. The zero-order valence-electron chi connectivity index (χ0n) is 8.27. The minimum Gasteiger partial charge on any atom is -0.292 e. The van der Waals surface area contributed by atoms with E-state index in [1.165, 1.54) is 0 Å². The monoisotopic (exact) mass is 199 g/mol. The molecule has 1 heterocycles. The first-order valence-corrected chi connectivity index (χ1v) is 4.18. The smallest absolute Gasteiger partial charge is 0.189 e. The molecule has 0 unspecified atom stereocenters. The highest BCUT2D eigenvalue weighted by atomic mass is 19.1. The standard InChI is InChI=1S/C10H11F2NO/c1-10(2,3)9(14)8-7(12)4-6(11)5-13-8/h4-5H,1-3H3. The van der Waals surface area contributed by atoms with E-state index in [-0.39, 0.29) is 5.69 Å². The van der Waals surface area contributed by atoms with Crippen LogP contribution >= 0.6 is 0 Å². The van der Waals surface area contributed by atoms with Gasteiger partial charge in [-0.1, -0.05) is 20.8 Å². The molecule has 1 aromatic rings. The van der Waals surface area contributed by atoms with Gasteiger partial charge in [0, 0.05) is 11.5 Å². The van der Waals surface area contributed by atoms with Crippen LogP contribution in [0.4, 0.5) is 8.78 Å². The van der Waals surface area contributed by atoms with E-state index in [4.69, 9.17) is 0 Å². The minimum absolute atomic E-state index is 0.307.